The fourth-order valence-electron chi connectivity index (χ4n) is 3.03. The Kier molecular flexibility index (Phi) is 6.34. The molecule has 0 saturated carbocycles. The van der Waals surface area contributed by atoms with Gasteiger partial charge < -0.3 is 9.47 Å². The lowest BCUT2D eigenvalue weighted by atomic mass is 10.2. The largest absolute Gasteiger partial charge is 0.497 e. The van der Waals surface area contributed by atoms with Crippen molar-refractivity contribution in [3.63, 3.8) is 0 Å². The number of hydrazone groups is 1. The molecule has 0 fully saturated rings. The van der Waals surface area contributed by atoms with Gasteiger partial charge in [-0.25, -0.2) is 10.4 Å². The summed E-state index contributed by atoms with van der Waals surface area (Å²) >= 11 is 4.94. The Morgan fingerprint density at radius 1 is 1.23 bits per heavy atom. The van der Waals surface area contributed by atoms with Gasteiger partial charge in [0.05, 0.1) is 32.5 Å². The molecule has 0 aliphatic heterocycles. The molecule has 1 N–H and O–H groups in total. The zero-order valence-corrected chi connectivity index (χ0v) is 19.2. The molecule has 0 radical (unpaired) electrons. The average Bonchev–Trinajstić information content (AvgIpc) is 3.36. The van der Waals surface area contributed by atoms with Crippen molar-refractivity contribution in [1.29, 1.82) is 0 Å². The first-order valence-electron chi connectivity index (χ1n) is 9.32. The summed E-state index contributed by atoms with van der Waals surface area (Å²) in [6.07, 6.45) is 3.66. The van der Waals surface area contributed by atoms with Crippen LogP contribution in [0, 0.1) is 0 Å². The first kappa shape index (κ1) is 21.1. The van der Waals surface area contributed by atoms with Gasteiger partial charge in [0, 0.05) is 32.9 Å². The normalized spacial score (nSPS) is 11.2. The van der Waals surface area contributed by atoms with Gasteiger partial charge in [0.2, 0.25) is 5.91 Å². The molecule has 0 atom stereocenters. The molecule has 2 aromatic carbocycles. The van der Waals surface area contributed by atoms with Crippen LogP contribution in [0.25, 0.3) is 16.2 Å². The Labute approximate surface area is 191 Å². The number of nitrogens with zero attached hydrogens (tertiary/aromatic N) is 3. The number of aromatic nitrogens is 2. The van der Waals surface area contributed by atoms with Crippen LogP contribution in [0.3, 0.4) is 0 Å². The van der Waals surface area contributed by atoms with E-state index < -0.39 is 0 Å². The number of thiazole rings is 1. The quantitative estimate of drug-likeness (QED) is 0.299. The van der Waals surface area contributed by atoms with E-state index in [-0.39, 0.29) is 12.3 Å². The Balaban J connectivity index is 1.45. The molecule has 31 heavy (non-hydrogen) atoms. The van der Waals surface area contributed by atoms with E-state index in [1.165, 1.54) is 17.6 Å². The van der Waals surface area contributed by atoms with Gasteiger partial charge in [-0.2, -0.15) is 5.10 Å². The van der Waals surface area contributed by atoms with Gasteiger partial charge in [0.15, 0.2) is 4.96 Å². The van der Waals surface area contributed by atoms with Crippen molar-refractivity contribution in [3.8, 4) is 22.8 Å². The van der Waals surface area contributed by atoms with Crippen LogP contribution in [0.5, 0.6) is 11.5 Å². The number of carbonyl (C=O) groups is 1. The lowest BCUT2D eigenvalue weighted by molar-refractivity contribution is -0.120. The SMILES string of the molecule is COc1ccc(OC)c(/C=N/NC(=O)Cc2csc3nc(-c4ccc(Br)cc4)cn23)c1. The highest BCUT2D eigenvalue weighted by Crippen LogP contribution is 2.25. The number of methoxy groups -OCH3 is 2. The fourth-order valence-corrected chi connectivity index (χ4v) is 4.17. The van der Waals surface area contributed by atoms with Gasteiger partial charge in [0.1, 0.15) is 11.5 Å². The van der Waals surface area contributed by atoms with Crippen LogP contribution in [0.15, 0.2) is 63.6 Å². The Hall–Kier alpha value is -3.17. The van der Waals surface area contributed by atoms with Crippen molar-refractivity contribution in [1.82, 2.24) is 14.8 Å². The molecule has 1 amide bonds. The Morgan fingerprint density at radius 3 is 2.77 bits per heavy atom. The van der Waals surface area contributed by atoms with E-state index in [2.05, 4.69) is 31.4 Å². The minimum absolute atomic E-state index is 0.183. The summed E-state index contributed by atoms with van der Waals surface area (Å²) in [5.41, 5.74) is 6.00. The summed E-state index contributed by atoms with van der Waals surface area (Å²) < 4.78 is 13.5. The number of halogens is 1. The summed E-state index contributed by atoms with van der Waals surface area (Å²) in [4.78, 5) is 17.9. The predicted octanol–water partition coefficient (Wildman–Crippen LogP) is 4.54. The first-order chi connectivity index (χ1) is 15.1. The molecule has 0 spiro atoms. The summed E-state index contributed by atoms with van der Waals surface area (Å²) in [7, 11) is 3.16. The number of rotatable bonds is 7. The van der Waals surface area contributed by atoms with E-state index in [0.29, 0.717) is 17.1 Å². The van der Waals surface area contributed by atoms with E-state index in [0.717, 1.165) is 26.4 Å². The highest BCUT2D eigenvalue weighted by Gasteiger charge is 2.12. The van der Waals surface area contributed by atoms with Crippen LogP contribution in [-0.2, 0) is 11.2 Å². The van der Waals surface area contributed by atoms with Crippen molar-refractivity contribution in [3.05, 3.63) is 69.8 Å². The van der Waals surface area contributed by atoms with Crippen LogP contribution in [-0.4, -0.2) is 35.7 Å². The minimum atomic E-state index is -0.225. The van der Waals surface area contributed by atoms with Gasteiger partial charge in [-0.15, -0.1) is 11.3 Å². The van der Waals surface area contributed by atoms with Crippen molar-refractivity contribution in [2.24, 2.45) is 5.10 Å². The number of hydrogen-bond acceptors (Lipinski definition) is 6. The second kappa shape index (κ2) is 9.32. The number of imidazole rings is 1. The highest BCUT2D eigenvalue weighted by molar-refractivity contribution is 9.10. The molecule has 4 aromatic rings. The average molecular weight is 499 g/mol. The fraction of sp³-hybridized carbons (Fsp3) is 0.136. The molecule has 4 rings (SSSR count). The van der Waals surface area contributed by atoms with Crippen molar-refractivity contribution in [2.45, 2.75) is 6.42 Å². The standard InChI is InChI=1S/C22H19BrN4O3S/c1-29-18-7-8-20(30-2)15(9-18)11-24-26-21(28)10-17-13-31-22-25-19(12-27(17)22)14-3-5-16(23)6-4-14/h3-9,11-13H,10H2,1-2H3,(H,26,28)/b24-11+. The first-order valence-corrected chi connectivity index (χ1v) is 11.0. The summed E-state index contributed by atoms with van der Waals surface area (Å²) in [5.74, 6) is 1.09. The smallest absolute Gasteiger partial charge is 0.246 e. The monoisotopic (exact) mass is 498 g/mol. The molecule has 2 heterocycles. The third kappa shape index (κ3) is 4.78. The summed E-state index contributed by atoms with van der Waals surface area (Å²) in [6.45, 7) is 0. The number of ether oxygens (including phenoxy) is 2. The minimum Gasteiger partial charge on any atom is -0.497 e. The summed E-state index contributed by atoms with van der Waals surface area (Å²) in [5, 5.41) is 5.99. The maximum absolute atomic E-state index is 12.4. The van der Waals surface area contributed by atoms with E-state index in [1.54, 1.807) is 32.4 Å². The topological polar surface area (TPSA) is 77.2 Å². The van der Waals surface area contributed by atoms with Gasteiger partial charge in [-0.1, -0.05) is 28.1 Å². The second-order valence-electron chi connectivity index (χ2n) is 6.59. The highest BCUT2D eigenvalue weighted by atomic mass is 79.9. The molecule has 0 aliphatic rings. The van der Waals surface area contributed by atoms with Crippen LogP contribution in [0.2, 0.25) is 0 Å². The Morgan fingerprint density at radius 2 is 2.03 bits per heavy atom. The van der Waals surface area contributed by atoms with E-state index >= 15 is 0 Å². The van der Waals surface area contributed by atoms with Crippen molar-refractivity contribution < 1.29 is 14.3 Å². The molecule has 7 nitrogen and oxygen atoms in total. The number of benzene rings is 2. The summed E-state index contributed by atoms with van der Waals surface area (Å²) in [6, 6.07) is 13.3. The third-order valence-electron chi connectivity index (χ3n) is 4.59. The third-order valence-corrected chi connectivity index (χ3v) is 6.01. The molecule has 0 aliphatic carbocycles. The molecule has 158 valence electrons. The van der Waals surface area contributed by atoms with Crippen molar-refractivity contribution >= 4 is 44.3 Å². The number of nitrogens with one attached hydrogen (secondary N) is 1. The maximum atomic E-state index is 12.4. The van der Waals surface area contributed by atoms with Crippen molar-refractivity contribution in [2.75, 3.05) is 14.2 Å². The zero-order valence-electron chi connectivity index (χ0n) is 16.8. The van der Waals surface area contributed by atoms with Gasteiger partial charge in [-0.05, 0) is 30.3 Å². The molecular weight excluding hydrogens is 480 g/mol. The van der Waals surface area contributed by atoms with Crippen LogP contribution >= 0.6 is 27.3 Å². The molecule has 0 saturated heterocycles. The second-order valence-corrected chi connectivity index (χ2v) is 8.34. The van der Waals surface area contributed by atoms with Crippen LogP contribution in [0.4, 0.5) is 0 Å². The number of hydrogen-bond donors (Lipinski definition) is 1. The molecule has 0 bridgehead atoms. The van der Waals surface area contributed by atoms with Crippen LogP contribution in [0.1, 0.15) is 11.3 Å². The number of fused-ring (bicyclic) bond motifs is 1. The molecule has 0 unspecified atom stereocenters. The zero-order chi connectivity index (χ0) is 21.8. The molecule has 9 heteroatoms. The lowest BCUT2D eigenvalue weighted by Crippen LogP contribution is -2.20. The number of carbonyl (C=O) groups excluding carboxylic acids is 1. The van der Waals surface area contributed by atoms with Gasteiger partial charge in [0.25, 0.3) is 0 Å². The van der Waals surface area contributed by atoms with E-state index in [4.69, 9.17) is 9.47 Å². The lowest BCUT2D eigenvalue weighted by Gasteiger charge is -2.06. The maximum Gasteiger partial charge on any atom is 0.246 e. The predicted molar refractivity (Wildman–Crippen MR) is 125 cm³/mol. The van der Waals surface area contributed by atoms with Gasteiger partial charge in [-0.3, -0.25) is 9.20 Å². The molecule has 2 aromatic heterocycles. The van der Waals surface area contributed by atoms with Gasteiger partial charge >= 0.3 is 0 Å². The molecular formula is C22H19BrN4O3S. The Bertz CT molecular complexity index is 1250. The number of amides is 1. The van der Waals surface area contributed by atoms with E-state index in [1.807, 2.05) is 40.2 Å². The van der Waals surface area contributed by atoms with E-state index in [9.17, 15) is 4.79 Å². The van der Waals surface area contributed by atoms with Crippen LogP contribution < -0.4 is 14.9 Å².